The van der Waals surface area contributed by atoms with Crippen LogP contribution in [-0.2, 0) is 4.79 Å². The Balaban J connectivity index is 3.20. The molecule has 5 heteroatoms. The fourth-order valence-electron chi connectivity index (χ4n) is 0.872. The minimum atomic E-state index is -1.37. The molecule has 0 aliphatic heterocycles. The van der Waals surface area contributed by atoms with Crippen LogP contribution in [0.1, 0.15) is 16.1 Å². The van der Waals surface area contributed by atoms with Gasteiger partial charge < -0.3 is 5.11 Å². The molecule has 0 aromatic carbocycles. The number of aromatic nitrogens is 1. The van der Waals surface area contributed by atoms with Crippen LogP contribution >= 0.6 is 0 Å². The van der Waals surface area contributed by atoms with Gasteiger partial charge in [0.05, 0.1) is 11.3 Å². The first-order valence-electron chi connectivity index (χ1n) is 3.66. The molecular weight excluding hydrogens is 189 g/mol. The number of nitrogens with zero attached hydrogens (tertiary/aromatic N) is 1. The number of carbonyl (C=O) groups excluding carboxylic acids is 1. The topological polar surface area (TPSA) is 67.3 Å². The van der Waals surface area contributed by atoms with Crippen LogP contribution in [0.2, 0.25) is 0 Å². The summed E-state index contributed by atoms with van der Waals surface area (Å²) in [6.45, 7) is 0. The molecule has 4 nitrogen and oxygen atoms in total. The van der Waals surface area contributed by atoms with Crippen molar-refractivity contribution in [2.75, 3.05) is 0 Å². The Morgan fingerprint density at radius 3 is 2.86 bits per heavy atom. The van der Waals surface area contributed by atoms with Crippen LogP contribution in [-0.4, -0.2) is 22.3 Å². The zero-order valence-electron chi connectivity index (χ0n) is 6.98. The lowest BCUT2D eigenvalue weighted by molar-refractivity contribution is -0.104. The Morgan fingerprint density at radius 2 is 2.29 bits per heavy atom. The highest BCUT2D eigenvalue weighted by molar-refractivity contribution is 5.88. The molecule has 0 aliphatic carbocycles. The third-order valence-corrected chi connectivity index (χ3v) is 1.48. The van der Waals surface area contributed by atoms with Crippen LogP contribution in [0.5, 0.6) is 0 Å². The van der Waals surface area contributed by atoms with Crippen LogP contribution in [0, 0.1) is 5.82 Å². The van der Waals surface area contributed by atoms with Crippen molar-refractivity contribution >= 4 is 18.3 Å². The summed E-state index contributed by atoms with van der Waals surface area (Å²) in [5.41, 5.74) is -0.637. The van der Waals surface area contributed by atoms with Crippen molar-refractivity contribution in [3.05, 3.63) is 35.4 Å². The molecule has 0 spiro atoms. The minimum Gasteiger partial charge on any atom is -0.478 e. The van der Waals surface area contributed by atoms with Crippen LogP contribution in [0.3, 0.4) is 0 Å². The number of hydrogen-bond donors (Lipinski definition) is 1. The van der Waals surface area contributed by atoms with E-state index in [1.165, 1.54) is 0 Å². The van der Waals surface area contributed by atoms with Gasteiger partial charge in [0.2, 0.25) is 0 Å². The molecule has 0 fully saturated rings. The maximum Gasteiger partial charge on any atom is 0.338 e. The van der Waals surface area contributed by atoms with Crippen LogP contribution < -0.4 is 0 Å². The molecule has 1 aromatic rings. The van der Waals surface area contributed by atoms with Crippen molar-refractivity contribution in [2.24, 2.45) is 0 Å². The van der Waals surface area contributed by atoms with Gasteiger partial charge >= 0.3 is 5.97 Å². The zero-order chi connectivity index (χ0) is 10.6. The molecule has 1 heterocycles. The van der Waals surface area contributed by atoms with Crippen molar-refractivity contribution < 1.29 is 19.1 Å². The first-order chi connectivity index (χ1) is 6.66. The van der Waals surface area contributed by atoms with Crippen molar-refractivity contribution in [1.82, 2.24) is 4.98 Å². The number of hydrogen-bond acceptors (Lipinski definition) is 3. The lowest BCUT2D eigenvalue weighted by Gasteiger charge is -1.98. The SMILES string of the molecule is O=CC=Cc1nccc(C(=O)O)c1F. The molecule has 1 rings (SSSR count). The van der Waals surface area contributed by atoms with Crippen LogP contribution in [0.4, 0.5) is 4.39 Å². The molecule has 0 saturated carbocycles. The second kappa shape index (κ2) is 4.27. The molecule has 0 amide bonds. The number of aldehydes is 1. The minimum absolute atomic E-state index is 0.169. The maximum absolute atomic E-state index is 13.2. The van der Waals surface area contributed by atoms with Gasteiger partial charge in [-0.2, -0.15) is 0 Å². The van der Waals surface area contributed by atoms with Crippen molar-refractivity contribution in [1.29, 1.82) is 0 Å². The van der Waals surface area contributed by atoms with E-state index in [1.807, 2.05) is 0 Å². The third kappa shape index (κ3) is 2.01. The number of rotatable bonds is 3. The van der Waals surface area contributed by atoms with Gasteiger partial charge in [-0.1, -0.05) is 0 Å². The van der Waals surface area contributed by atoms with E-state index in [0.29, 0.717) is 6.29 Å². The highest BCUT2D eigenvalue weighted by Crippen LogP contribution is 2.11. The number of halogens is 1. The summed E-state index contributed by atoms with van der Waals surface area (Å²) in [4.78, 5) is 24.0. The quantitative estimate of drug-likeness (QED) is 0.579. The molecule has 0 radical (unpaired) electrons. The Labute approximate surface area is 78.7 Å². The van der Waals surface area contributed by atoms with E-state index >= 15 is 0 Å². The molecule has 0 aliphatic rings. The highest BCUT2D eigenvalue weighted by atomic mass is 19.1. The van der Waals surface area contributed by atoms with E-state index < -0.39 is 17.3 Å². The summed E-state index contributed by atoms with van der Waals surface area (Å²) in [6.07, 6.45) is 3.76. The van der Waals surface area contributed by atoms with Gasteiger partial charge in [0.25, 0.3) is 0 Å². The summed E-state index contributed by atoms with van der Waals surface area (Å²) in [6, 6.07) is 1.05. The normalized spacial score (nSPS) is 10.4. The van der Waals surface area contributed by atoms with E-state index in [0.717, 1.165) is 24.4 Å². The summed E-state index contributed by atoms with van der Waals surface area (Å²) < 4.78 is 13.2. The first-order valence-corrected chi connectivity index (χ1v) is 3.66. The first kappa shape index (κ1) is 10.0. The highest BCUT2D eigenvalue weighted by Gasteiger charge is 2.12. The summed E-state index contributed by atoms with van der Waals surface area (Å²) in [5, 5.41) is 8.55. The summed E-state index contributed by atoms with van der Waals surface area (Å²) in [7, 11) is 0. The largest absolute Gasteiger partial charge is 0.478 e. The Kier molecular flexibility index (Phi) is 3.06. The summed E-state index contributed by atoms with van der Waals surface area (Å²) in [5.74, 6) is -2.32. The van der Waals surface area contributed by atoms with E-state index in [4.69, 9.17) is 5.11 Å². The predicted molar refractivity (Wildman–Crippen MR) is 46.3 cm³/mol. The van der Waals surface area contributed by atoms with Crippen molar-refractivity contribution in [3.63, 3.8) is 0 Å². The molecular formula is C9H6FNO3. The van der Waals surface area contributed by atoms with Gasteiger partial charge in [-0.3, -0.25) is 9.78 Å². The molecule has 72 valence electrons. The zero-order valence-corrected chi connectivity index (χ0v) is 6.98. The molecule has 14 heavy (non-hydrogen) atoms. The van der Waals surface area contributed by atoms with Gasteiger partial charge in [0, 0.05) is 6.20 Å². The number of carbonyl (C=O) groups is 2. The fourth-order valence-corrected chi connectivity index (χ4v) is 0.872. The van der Waals surface area contributed by atoms with E-state index in [1.54, 1.807) is 0 Å². The Morgan fingerprint density at radius 1 is 1.57 bits per heavy atom. The van der Waals surface area contributed by atoms with Gasteiger partial charge in [-0.25, -0.2) is 9.18 Å². The second-order valence-electron chi connectivity index (χ2n) is 2.36. The number of aromatic carboxylic acids is 1. The molecule has 0 saturated heterocycles. The summed E-state index contributed by atoms with van der Waals surface area (Å²) >= 11 is 0. The second-order valence-corrected chi connectivity index (χ2v) is 2.36. The van der Waals surface area contributed by atoms with Gasteiger partial charge in [0.1, 0.15) is 6.29 Å². The van der Waals surface area contributed by atoms with Crippen molar-refractivity contribution in [2.45, 2.75) is 0 Å². The van der Waals surface area contributed by atoms with Gasteiger partial charge in [-0.05, 0) is 18.2 Å². The van der Waals surface area contributed by atoms with Gasteiger partial charge in [0.15, 0.2) is 5.82 Å². The molecule has 1 N–H and O–H groups in total. The molecule has 0 atom stereocenters. The lowest BCUT2D eigenvalue weighted by Crippen LogP contribution is -2.03. The Bertz CT molecular complexity index is 401. The monoisotopic (exact) mass is 195 g/mol. The van der Waals surface area contributed by atoms with E-state index in [9.17, 15) is 14.0 Å². The van der Waals surface area contributed by atoms with Gasteiger partial charge in [-0.15, -0.1) is 0 Å². The lowest BCUT2D eigenvalue weighted by atomic mass is 10.2. The standard InChI is InChI=1S/C9H6FNO3/c10-8-6(9(13)14)3-4-11-7(8)2-1-5-12/h1-5H,(H,13,14). The maximum atomic E-state index is 13.2. The van der Waals surface area contributed by atoms with Crippen molar-refractivity contribution in [3.8, 4) is 0 Å². The predicted octanol–water partition coefficient (Wildman–Crippen LogP) is 1.13. The van der Waals surface area contributed by atoms with E-state index in [-0.39, 0.29) is 5.69 Å². The average Bonchev–Trinajstić information content (AvgIpc) is 2.16. The van der Waals surface area contributed by atoms with Crippen LogP contribution in [0.25, 0.3) is 6.08 Å². The number of allylic oxidation sites excluding steroid dienone is 1. The third-order valence-electron chi connectivity index (χ3n) is 1.48. The number of pyridine rings is 1. The Hall–Kier alpha value is -2.04. The molecule has 1 aromatic heterocycles. The fraction of sp³-hybridized carbons (Fsp3) is 0. The smallest absolute Gasteiger partial charge is 0.338 e. The average molecular weight is 195 g/mol. The number of carboxylic acid groups (broad SMARTS) is 1. The number of carboxylic acids is 1. The molecule has 0 bridgehead atoms. The van der Waals surface area contributed by atoms with Crippen LogP contribution in [0.15, 0.2) is 18.3 Å². The molecule has 0 unspecified atom stereocenters. The van der Waals surface area contributed by atoms with E-state index in [2.05, 4.69) is 4.98 Å².